The zero-order valence-corrected chi connectivity index (χ0v) is 15.1. The van der Waals surface area contributed by atoms with Gasteiger partial charge in [-0.05, 0) is 42.7 Å². The number of carbonyl (C=O) groups excluding carboxylic acids is 1. The minimum absolute atomic E-state index is 0.0758. The lowest BCUT2D eigenvalue weighted by atomic mass is 9.87. The van der Waals surface area contributed by atoms with Crippen LogP contribution < -0.4 is 5.32 Å². The van der Waals surface area contributed by atoms with Gasteiger partial charge >= 0.3 is 0 Å². The molecule has 0 spiro atoms. The number of hydrogen-bond donors (Lipinski definition) is 2. The van der Waals surface area contributed by atoms with E-state index in [2.05, 4.69) is 5.32 Å². The number of nitrogens with one attached hydrogen (secondary N) is 1. The number of aromatic hydroxyl groups is 1. The molecule has 3 aromatic carbocycles. The summed E-state index contributed by atoms with van der Waals surface area (Å²) in [4.78, 5) is 12.7. The predicted octanol–water partition coefficient (Wildman–Crippen LogP) is 5.17. The van der Waals surface area contributed by atoms with Crippen LogP contribution in [0, 0.1) is 13.8 Å². The van der Waals surface area contributed by atoms with Crippen LogP contribution in [0.4, 0.5) is 5.69 Å². The number of rotatable bonds is 5. The van der Waals surface area contributed by atoms with Crippen LogP contribution in [0.1, 0.15) is 34.6 Å². The van der Waals surface area contributed by atoms with Gasteiger partial charge < -0.3 is 10.4 Å². The highest BCUT2D eigenvalue weighted by Crippen LogP contribution is 2.34. The number of phenols is 1. The van der Waals surface area contributed by atoms with Gasteiger partial charge in [0.15, 0.2) is 0 Å². The number of carbonyl (C=O) groups is 1. The average molecular weight is 345 g/mol. The normalized spacial score (nSPS) is 11.8. The molecule has 0 aliphatic carbocycles. The number of amides is 1. The van der Waals surface area contributed by atoms with Crippen molar-refractivity contribution in [1.29, 1.82) is 0 Å². The fourth-order valence-electron chi connectivity index (χ4n) is 3.14. The summed E-state index contributed by atoms with van der Waals surface area (Å²) >= 11 is 0. The second-order valence-electron chi connectivity index (χ2n) is 6.59. The van der Waals surface area contributed by atoms with E-state index < -0.39 is 0 Å². The minimum Gasteiger partial charge on any atom is -0.508 e. The van der Waals surface area contributed by atoms with Crippen LogP contribution in [0.3, 0.4) is 0 Å². The maximum absolute atomic E-state index is 12.7. The van der Waals surface area contributed by atoms with Gasteiger partial charge in [0.05, 0.1) is 0 Å². The van der Waals surface area contributed by atoms with Crippen LogP contribution in [-0.4, -0.2) is 11.0 Å². The Kier molecular flexibility index (Phi) is 5.37. The molecule has 26 heavy (non-hydrogen) atoms. The van der Waals surface area contributed by atoms with E-state index in [1.807, 2.05) is 80.6 Å². The third-order valence-corrected chi connectivity index (χ3v) is 4.57. The molecule has 0 aliphatic heterocycles. The van der Waals surface area contributed by atoms with Crippen LogP contribution in [0.5, 0.6) is 5.75 Å². The maximum atomic E-state index is 12.7. The summed E-state index contributed by atoms with van der Waals surface area (Å²) in [6.45, 7) is 3.90. The van der Waals surface area contributed by atoms with Crippen molar-refractivity contribution in [3.05, 3.63) is 95.1 Å². The molecule has 0 bridgehead atoms. The lowest BCUT2D eigenvalue weighted by Crippen LogP contribution is -2.17. The molecular formula is C23H23NO2. The average Bonchev–Trinajstić information content (AvgIpc) is 2.63. The van der Waals surface area contributed by atoms with Crippen LogP contribution in [0.2, 0.25) is 0 Å². The third-order valence-electron chi connectivity index (χ3n) is 4.57. The molecule has 0 aliphatic rings. The second kappa shape index (κ2) is 7.87. The molecule has 132 valence electrons. The lowest BCUT2D eigenvalue weighted by molar-refractivity contribution is -0.116. The largest absolute Gasteiger partial charge is 0.508 e. The summed E-state index contributed by atoms with van der Waals surface area (Å²) in [7, 11) is 0. The van der Waals surface area contributed by atoms with Gasteiger partial charge in [-0.2, -0.15) is 0 Å². The summed E-state index contributed by atoms with van der Waals surface area (Å²) in [5, 5.41) is 13.4. The first-order valence-corrected chi connectivity index (χ1v) is 8.74. The van der Waals surface area contributed by atoms with Gasteiger partial charge in [-0.15, -0.1) is 0 Å². The van der Waals surface area contributed by atoms with Crippen molar-refractivity contribution in [2.45, 2.75) is 26.2 Å². The van der Waals surface area contributed by atoms with Crippen molar-refractivity contribution in [2.24, 2.45) is 0 Å². The van der Waals surface area contributed by atoms with Crippen molar-refractivity contribution in [2.75, 3.05) is 5.32 Å². The molecule has 0 radical (unpaired) electrons. The molecule has 3 rings (SSSR count). The van der Waals surface area contributed by atoms with E-state index in [9.17, 15) is 9.90 Å². The van der Waals surface area contributed by atoms with E-state index in [1.54, 1.807) is 6.07 Å². The summed E-state index contributed by atoms with van der Waals surface area (Å²) in [5.41, 5.74) is 4.60. The molecule has 3 heteroatoms. The van der Waals surface area contributed by atoms with Crippen LogP contribution >= 0.6 is 0 Å². The summed E-state index contributed by atoms with van der Waals surface area (Å²) in [6.07, 6.45) is 0.259. The zero-order chi connectivity index (χ0) is 18.5. The molecule has 2 N–H and O–H groups in total. The summed E-state index contributed by atoms with van der Waals surface area (Å²) < 4.78 is 0. The molecule has 0 aromatic heterocycles. The highest BCUT2D eigenvalue weighted by atomic mass is 16.3. The standard InChI is InChI=1S/C23H23NO2/c1-16-12-13-19(22(25)14-16)20(18-9-4-3-5-10-18)15-23(26)24-21-11-7-6-8-17(21)2/h3-14,20,25H,15H2,1-2H3,(H,24,26). The molecule has 0 saturated carbocycles. The van der Waals surface area contributed by atoms with Gasteiger partial charge in [0.1, 0.15) is 5.75 Å². The van der Waals surface area contributed by atoms with Crippen molar-refractivity contribution in [3.8, 4) is 5.75 Å². The van der Waals surface area contributed by atoms with Crippen molar-refractivity contribution in [1.82, 2.24) is 0 Å². The molecule has 0 heterocycles. The Labute approximate surface area is 154 Å². The Bertz CT molecular complexity index is 903. The fourth-order valence-corrected chi connectivity index (χ4v) is 3.14. The van der Waals surface area contributed by atoms with E-state index >= 15 is 0 Å². The molecular weight excluding hydrogens is 322 g/mol. The number of hydrogen-bond acceptors (Lipinski definition) is 2. The monoisotopic (exact) mass is 345 g/mol. The number of anilines is 1. The van der Waals surface area contributed by atoms with Gasteiger partial charge in [0.25, 0.3) is 0 Å². The predicted molar refractivity (Wildman–Crippen MR) is 106 cm³/mol. The molecule has 3 nitrogen and oxygen atoms in total. The highest BCUT2D eigenvalue weighted by Gasteiger charge is 2.21. The molecule has 1 unspecified atom stereocenters. The van der Waals surface area contributed by atoms with Crippen molar-refractivity contribution in [3.63, 3.8) is 0 Å². The van der Waals surface area contributed by atoms with Gasteiger partial charge in [-0.3, -0.25) is 4.79 Å². The third kappa shape index (κ3) is 4.12. The topological polar surface area (TPSA) is 49.3 Å². The molecule has 0 saturated heterocycles. The molecule has 1 amide bonds. The smallest absolute Gasteiger partial charge is 0.225 e. The van der Waals surface area contributed by atoms with Gasteiger partial charge in [-0.1, -0.05) is 60.7 Å². The van der Waals surface area contributed by atoms with E-state index in [-0.39, 0.29) is 24.0 Å². The molecule has 0 fully saturated rings. The minimum atomic E-state index is -0.208. The first-order valence-electron chi connectivity index (χ1n) is 8.74. The maximum Gasteiger partial charge on any atom is 0.225 e. The van der Waals surface area contributed by atoms with Gasteiger partial charge in [0.2, 0.25) is 5.91 Å². The SMILES string of the molecule is Cc1ccc(C(CC(=O)Nc2ccccc2C)c2ccccc2)c(O)c1. The number of benzene rings is 3. The van der Waals surface area contributed by atoms with Crippen LogP contribution in [-0.2, 0) is 4.79 Å². The van der Waals surface area contributed by atoms with E-state index in [0.29, 0.717) is 0 Å². The van der Waals surface area contributed by atoms with Crippen LogP contribution in [0.25, 0.3) is 0 Å². The number of aryl methyl sites for hydroxylation is 2. The summed E-state index contributed by atoms with van der Waals surface area (Å²) in [5.74, 6) is -0.0588. The van der Waals surface area contributed by atoms with E-state index in [4.69, 9.17) is 0 Å². The highest BCUT2D eigenvalue weighted by molar-refractivity contribution is 5.92. The molecule has 3 aromatic rings. The summed E-state index contributed by atoms with van der Waals surface area (Å²) in [6, 6.07) is 23.2. The van der Waals surface area contributed by atoms with Gasteiger partial charge in [0, 0.05) is 23.6 Å². The Morgan fingerprint density at radius 2 is 1.65 bits per heavy atom. The first kappa shape index (κ1) is 17.7. The second-order valence-corrected chi connectivity index (χ2v) is 6.59. The first-order chi connectivity index (χ1) is 12.5. The lowest BCUT2D eigenvalue weighted by Gasteiger charge is -2.19. The van der Waals surface area contributed by atoms with Gasteiger partial charge in [-0.25, -0.2) is 0 Å². The molecule has 1 atom stereocenters. The Balaban J connectivity index is 1.89. The zero-order valence-electron chi connectivity index (χ0n) is 15.1. The Hall–Kier alpha value is -3.07. The van der Waals surface area contributed by atoms with E-state index in [0.717, 1.165) is 27.9 Å². The quantitative estimate of drug-likeness (QED) is 0.670. The van der Waals surface area contributed by atoms with E-state index in [1.165, 1.54) is 0 Å². The van der Waals surface area contributed by atoms with Crippen LogP contribution in [0.15, 0.2) is 72.8 Å². The fraction of sp³-hybridized carbons (Fsp3) is 0.174. The number of phenolic OH excluding ortho intramolecular Hbond substituents is 1. The van der Waals surface area contributed by atoms with Crippen molar-refractivity contribution < 1.29 is 9.90 Å². The Morgan fingerprint density at radius 3 is 2.35 bits per heavy atom. The van der Waals surface area contributed by atoms with Crippen molar-refractivity contribution >= 4 is 11.6 Å². The number of para-hydroxylation sites is 1. The Morgan fingerprint density at radius 1 is 0.962 bits per heavy atom.